The van der Waals surface area contributed by atoms with Crippen LogP contribution in [0.5, 0.6) is 0 Å². The Morgan fingerprint density at radius 3 is 2.48 bits per heavy atom. The Balaban J connectivity index is 1.51. The van der Waals surface area contributed by atoms with Crippen molar-refractivity contribution in [3.8, 4) is 0 Å². The highest BCUT2D eigenvalue weighted by Crippen LogP contribution is 2.70. The lowest BCUT2D eigenvalue weighted by Gasteiger charge is -2.66. The van der Waals surface area contributed by atoms with E-state index in [4.69, 9.17) is 5.73 Å². The van der Waals surface area contributed by atoms with Gasteiger partial charge in [-0.1, -0.05) is 19.9 Å². The van der Waals surface area contributed by atoms with Gasteiger partial charge in [-0.2, -0.15) is 0 Å². The van der Waals surface area contributed by atoms with Crippen LogP contribution in [0.2, 0.25) is 0 Å². The van der Waals surface area contributed by atoms with Gasteiger partial charge < -0.3 is 5.73 Å². The standard InChI is InChI=1S/C19H29NS/c1-17-7-14-8-18(2,11-17)13-19(9-14,12-17)10-15(20)6-16-4-3-5-21-16/h3-5,14-15H,6-13,20H2,1-2H3. The topological polar surface area (TPSA) is 26.0 Å². The highest BCUT2D eigenvalue weighted by molar-refractivity contribution is 7.09. The van der Waals surface area contributed by atoms with Gasteiger partial charge in [0.05, 0.1) is 0 Å². The largest absolute Gasteiger partial charge is 0.327 e. The van der Waals surface area contributed by atoms with Crippen LogP contribution in [0.4, 0.5) is 0 Å². The maximum Gasteiger partial charge on any atom is 0.00924 e. The van der Waals surface area contributed by atoms with E-state index in [2.05, 4.69) is 31.4 Å². The van der Waals surface area contributed by atoms with Crippen LogP contribution in [-0.4, -0.2) is 6.04 Å². The van der Waals surface area contributed by atoms with E-state index < -0.39 is 0 Å². The summed E-state index contributed by atoms with van der Waals surface area (Å²) >= 11 is 1.86. The van der Waals surface area contributed by atoms with Gasteiger partial charge in [-0.3, -0.25) is 0 Å². The van der Waals surface area contributed by atoms with Gasteiger partial charge in [0.1, 0.15) is 0 Å². The maximum absolute atomic E-state index is 6.58. The summed E-state index contributed by atoms with van der Waals surface area (Å²) in [7, 11) is 0. The van der Waals surface area contributed by atoms with Crippen LogP contribution in [0.25, 0.3) is 0 Å². The SMILES string of the molecule is CC12CC3CC(C)(C1)CC(CC(N)Cc1cccs1)(C3)C2. The van der Waals surface area contributed by atoms with E-state index in [-0.39, 0.29) is 0 Å². The maximum atomic E-state index is 6.58. The first-order valence-electron chi connectivity index (χ1n) is 8.66. The van der Waals surface area contributed by atoms with Crippen molar-refractivity contribution in [2.24, 2.45) is 27.9 Å². The minimum atomic E-state index is 0.354. The van der Waals surface area contributed by atoms with Crippen molar-refractivity contribution in [3.63, 3.8) is 0 Å². The van der Waals surface area contributed by atoms with Crippen molar-refractivity contribution in [2.45, 2.75) is 71.3 Å². The first-order valence-corrected chi connectivity index (χ1v) is 9.54. The van der Waals surface area contributed by atoms with E-state index in [0.29, 0.717) is 22.3 Å². The fourth-order valence-electron chi connectivity index (χ4n) is 7.23. The first kappa shape index (κ1) is 14.3. The molecule has 0 aromatic carbocycles. The number of hydrogen-bond donors (Lipinski definition) is 1. The molecule has 3 atom stereocenters. The van der Waals surface area contributed by atoms with Gasteiger partial charge in [-0.05, 0) is 85.0 Å². The number of rotatable bonds is 4. The van der Waals surface area contributed by atoms with Crippen LogP contribution in [-0.2, 0) is 6.42 Å². The summed E-state index contributed by atoms with van der Waals surface area (Å²) in [6, 6.07) is 4.75. The molecule has 0 aliphatic heterocycles. The summed E-state index contributed by atoms with van der Waals surface area (Å²) < 4.78 is 0. The van der Waals surface area contributed by atoms with Crippen molar-refractivity contribution in [1.82, 2.24) is 0 Å². The van der Waals surface area contributed by atoms with Crippen LogP contribution in [0.3, 0.4) is 0 Å². The van der Waals surface area contributed by atoms with Gasteiger partial charge >= 0.3 is 0 Å². The summed E-state index contributed by atoms with van der Waals surface area (Å²) in [5, 5.41) is 2.18. The third-order valence-electron chi connectivity index (χ3n) is 6.48. The van der Waals surface area contributed by atoms with Gasteiger partial charge in [-0.25, -0.2) is 0 Å². The van der Waals surface area contributed by atoms with Crippen molar-refractivity contribution in [2.75, 3.05) is 0 Å². The van der Waals surface area contributed by atoms with E-state index in [1.165, 1.54) is 49.8 Å². The fraction of sp³-hybridized carbons (Fsp3) is 0.789. The van der Waals surface area contributed by atoms with Crippen LogP contribution in [0, 0.1) is 22.2 Å². The van der Waals surface area contributed by atoms with Crippen LogP contribution < -0.4 is 5.73 Å². The molecule has 116 valence electrons. The second-order valence-electron chi connectivity index (χ2n) is 9.38. The van der Waals surface area contributed by atoms with Crippen LogP contribution in [0.1, 0.15) is 63.7 Å². The highest BCUT2D eigenvalue weighted by Gasteiger charge is 2.59. The Kier molecular flexibility index (Phi) is 3.11. The Labute approximate surface area is 133 Å². The molecule has 4 bridgehead atoms. The Morgan fingerprint density at radius 1 is 1.19 bits per heavy atom. The monoisotopic (exact) mass is 303 g/mol. The Hall–Kier alpha value is -0.340. The van der Waals surface area contributed by atoms with Crippen molar-refractivity contribution >= 4 is 11.3 Å². The summed E-state index contributed by atoms with van der Waals surface area (Å²) in [5.74, 6) is 0.991. The molecule has 2 N–H and O–H groups in total. The predicted molar refractivity (Wildman–Crippen MR) is 90.5 cm³/mol. The molecule has 4 saturated carbocycles. The van der Waals surface area contributed by atoms with E-state index in [1.54, 1.807) is 0 Å². The lowest BCUT2D eigenvalue weighted by atomic mass is 9.39. The third-order valence-corrected chi connectivity index (χ3v) is 7.38. The summed E-state index contributed by atoms with van der Waals surface area (Å²) in [6.07, 6.45) is 11.2. The third kappa shape index (κ3) is 2.59. The molecule has 3 unspecified atom stereocenters. The molecule has 2 heteroatoms. The zero-order chi connectivity index (χ0) is 14.7. The second kappa shape index (κ2) is 4.58. The molecule has 5 rings (SSSR count). The molecule has 0 amide bonds. The van der Waals surface area contributed by atoms with Crippen molar-refractivity contribution in [1.29, 1.82) is 0 Å². The van der Waals surface area contributed by atoms with Crippen molar-refractivity contribution in [3.05, 3.63) is 22.4 Å². The predicted octanol–water partition coefficient (Wildman–Crippen LogP) is 5.00. The van der Waals surface area contributed by atoms with Gasteiger partial charge in [0, 0.05) is 10.9 Å². The van der Waals surface area contributed by atoms with Gasteiger partial charge in [-0.15, -0.1) is 11.3 Å². The van der Waals surface area contributed by atoms with Crippen LogP contribution >= 0.6 is 11.3 Å². The minimum absolute atomic E-state index is 0.354. The van der Waals surface area contributed by atoms with Crippen LogP contribution in [0.15, 0.2) is 17.5 Å². The molecular formula is C19H29NS. The molecule has 4 aliphatic rings. The zero-order valence-electron chi connectivity index (χ0n) is 13.5. The molecule has 1 nitrogen and oxygen atoms in total. The Morgan fingerprint density at radius 2 is 1.90 bits per heavy atom. The van der Waals surface area contributed by atoms with Gasteiger partial charge in [0.15, 0.2) is 0 Å². The summed E-state index contributed by atoms with van der Waals surface area (Å²) in [6.45, 7) is 5.13. The van der Waals surface area contributed by atoms with E-state index >= 15 is 0 Å². The lowest BCUT2D eigenvalue weighted by molar-refractivity contribution is -0.149. The number of nitrogens with two attached hydrogens (primary N) is 1. The van der Waals surface area contributed by atoms with Gasteiger partial charge in [0.25, 0.3) is 0 Å². The quantitative estimate of drug-likeness (QED) is 0.832. The number of hydrogen-bond acceptors (Lipinski definition) is 2. The van der Waals surface area contributed by atoms with Crippen molar-refractivity contribution < 1.29 is 0 Å². The first-order chi connectivity index (χ1) is 9.88. The molecular weight excluding hydrogens is 274 g/mol. The fourth-order valence-corrected chi connectivity index (χ4v) is 8.03. The molecule has 0 radical (unpaired) electrons. The zero-order valence-corrected chi connectivity index (χ0v) is 14.3. The average Bonchev–Trinajstić information content (AvgIpc) is 2.74. The highest BCUT2D eigenvalue weighted by atomic mass is 32.1. The van der Waals surface area contributed by atoms with E-state index in [1.807, 2.05) is 11.3 Å². The lowest BCUT2D eigenvalue weighted by Crippen LogP contribution is -2.56. The molecule has 4 fully saturated rings. The molecule has 1 heterocycles. The molecule has 0 saturated heterocycles. The summed E-state index contributed by atoms with van der Waals surface area (Å²) in [5.41, 5.74) is 8.39. The smallest absolute Gasteiger partial charge is 0.00924 e. The molecule has 1 aromatic heterocycles. The normalized spacial score (nSPS) is 46.0. The Bertz CT molecular complexity index is 502. The number of thiophene rings is 1. The second-order valence-corrected chi connectivity index (χ2v) is 10.4. The van der Waals surface area contributed by atoms with E-state index in [0.717, 1.165) is 12.3 Å². The summed E-state index contributed by atoms with van der Waals surface area (Å²) in [4.78, 5) is 1.46. The molecule has 21 heavy (non-hydrogen) atoms. The van der Waals surface area contributed by atoms with E-state index in [9.17, 15) is 0 Å². The van der Waals surface area contributed by atoms with Gasteiger partial charge in [0.2, 0.25) is 0 Å². The average molecular weight is 304 g/mol. The molecule has 4 aliphatic carbocycles. The minimum Gasteiger partial charge on any atom is -0.327 e. The molecule has 1 aromatic rings. The molecule has 0 spiro atoms.